The van der Waals surface area contributed by atoms with Crippen molar-refractivity contribution in [3.8, 4) is 11.8 Å². The molecule has 37 heavy (non-hydrogen) atoms. The Morgan fingerprint density at radius 3 is 2.89 bits per heavy atom. The quantitative estimate of drug-likeness (QED) is 0.276. The molecule has 0 spiro atoms. The van der Waals surface area contributed by atoms with E-state index < -0.39 is 31.5 Å². The van der Waals surface area contributed by atoms with Gasteiger partial charge in [0.25, 0.3) is 0 Å². The van der Waals surface area contributed by atoms with Crippen LogP contribution < -0.4 is 15.3 Å². The largest absolute Gasteiger partial charge is 0.465 e. The van der Waals surface area contributed by atoms with Gasteiger partial charge < -0.3 is 19.7 Å². The Morgan fingerprint density at radius 2 is 2.16 bits per heavy atom. The monoisotopic (exact) mass is 528 g/mol. The van der Waals surface area contributed by atoms with E-state index in [0.29, 0.717) is 36.3 Å². The van der Waals surface area contributed by atoms with Gasteiger partial charge in [-0.15, -0.1) is 0 Å². The number of nitrogen functional groups attached to an aromatic ring is 1. The molecule has 2 aromatic heterocycles. The number of ether oxygens (including phenoxy) is 2. The van der Waals surface area contributed by atoms with Gasteiger partial charge in [-0.3, -0.25) is 9.32 Å². The SMILES string of the molecule is CCCOC(=O)[C@H](C)NP(=O)(OC[C@]1(C#N)CC[C@H](c2ccc3c(N)ncnn23)O1)Oc1ccccc1. The van der Waals surface area contributed by atoms with Gasteiger partial charge in [0.1, 0.15) is 42.4 Å². The average molecular weight is 529 g/mol. The zero-order valence-corrected chi connectivity index (χ0v) is 21.5. The van der Waals surface area contributed by atoms with E-state index in [1.54, 1.807) is 40.9 Å². The van der Waals surface area contributed by atoms with E-state index in [1.807, 2.05) is 13.0 Å². The number of aromatic nitrogens is 3. The van der Waals surface area contributed by atoms with Gasteiger partial charge in [0.15, 0.2) is 11.4 Å². The van der Waals surface area contributed by atoms with E-state index in [2.05, 4.69) is 21.2 Å². The van der Waals surface area contributed by atoms with Crippen LogP contribution in [-0.2, 0) is 23.4 Å². The summed E-state index contributed by atoms with van der Waals surface area (Å²) in [7, 11) is -4.14. The van der Waals surface area contributed by atoms with Crippen LogP contribution in [-0.4, -0.2) is 45.4 Å². The molecule has 13 heteroatoms. The van der Waals surface area contributed by atoms with Crippen LogP contribution in [0.4, 0.5) is 5.82 Å². The number of carbonyl (C=O) groups excluding carboxylic acids is 1. The Balaban J connectivity index is 1.50. The number of nitriles is 1. The third-order valence-corrected chi connectivity index (χ3v) is 7.44. The van der Waals surface area contributed by atoms with E-state index in [1.165, 1.54) is 13.3 Å². The zero-order valence-electron chi connectivity index (χ0n) is 20.6. The van der Waals surface area contributed by atoms with E-state index >= 15 is 0 Å². The summed E-state index contributed by atoms with van der Waals surface area (Å²) < 4.78 is 38.0. The molecule has 12 nitrogen and oxygen atoms in total. The Morgan fingerprint density at radius 1 is 1.38 bits per heavy atom. The van der Waals surface area contributed by atoms with Gasteiger partial charge >= 0.3 is 13.7 Å². The molecule has 3 N–H and O–H groups in total. The van der Waals surface area contributed by atoms with Crippen molar-refractivity contribution in [3.05, 3.63) is 54.5 Å². The Hall–Kier alpha value is -3.49. The summed E-state index contributed by atoms with van der Waals surface area (Å²) >= 11 is 0. The van der Waals surface area contributed by atoms with Gasteiger partial charge in [-0.1, -0.05) is 25.1 Å². The Bertz CT molecular complexity index is 1330. The fourth-order valence-corrected chi connectivity index (χ4v) is 5.45. The van der Waals surface area contributed by atoms with Crippen LogP contribution in [0.15, 0.2) is 48.8 Å². The number of nitrogens with two attached hydrogens (primary N) is 1. The van der Waals surface area contributed by atoms with E-state index in [0.717, 1.165) is 0 Å². The van der Waals surface area contributed by atoms with Crippen LogP contribution in [0.5, 0.6) is 5.75 Å². The smallest absolute Gasteiger partial charge is 0.459 e. The van der Waals surface area contributed by atoms with Crippen LogP contribution in [0.3, 0.4) is 0 Å². The molecule has 0 saturated carbocycles. The predicted molar refractivity (Wildman–Crippen MR) is 133 cm³/mol. The molecule has 3 heterocycles. The molecule has 0 amide bonds. The fraction of sp³-hybridized carbons (Fsp3) is 0.417. The molecule has 1 aliphatic rings. The lowest BCUT2D eigenvalue weighted by Gasteiger charge is -2.27. The number of benzene rings is 1. The third kappa shape index (κ3) is 6.09. The van der Waals surface area contributed by atoms with E-state index in [9.17, 15) is 14.6 Å². The number of fused-ring (bicyclic) bond motifs is 1. The second kappa shape index (κ2) is 11.3. The molecule has 3 aromatic rings. The molecule has 0 aliphatic carbocycles. The lowest BCUT2D eigenvalue weighted by molar-refractivity contribution is -0.145. The summed E-state index contributed by atoms with van der Waals surface area (Å²) in [5.74, 6) is -0.0118. The van der Waals surface area contributed by atoms with Gasteiger partial charge in [-0.05, 0) is 50.5 Å². The number of carbonyl (C=O) groups is 1. The molecule has 1 unspecified atom stereocenters. The first-order chi connectivity index (χ1) is 17.8. The Labute approximate surface area is 214 Å². The molecule has 196 valence electrons. The molecule has 0 radical (unpaired) electrons. The highest BCUT2D eigenvalue weighted by Gasteiger charge is 2.45. The van der Waals surface area contributed by atoms with Gasteiger partial charge in [-0.25, -0.2) is 14.1 Å². The van der Waals surface area contributed by atoms with Crippen molar-refractivity contribution in [2.45, 2.75) is 50.9 Å². The molecule has 1 saturated heterocycles. The highest BCUT2D eigenvalue weighted by atomic mass is 31.2. The van der Waals surface area contributed by atoms with Crippen LogP contribution >= 0.6 is 7.75 Å². The molecular formula is C24H29N6O6P. The topological polar surface area (TPSA) is 163 Å². The standard InChI is InChI=1S/C24H29N6O6P/c1-3-13-33-23(31)17(2)29-37(32,36-18-7-5-4-6-8-18)34-15-24(14-25)12-11-21(35-24)19-9-10-20-22(26)27-16-28-30(19)20/h4-10,16-17,21H,3,11-13,15H2,1-2H3,(H,29,32)(H2,26,27,28)/t17-,21+,24+,37?/m0/s1. The fourth-order valence-electron chi connectivity index (χ4n) is 3.92. The van der Waals surface area contributed by atoms with Crippen molar-refractivity contribution in [2.24, 2.45) is 0 Å². The van der Waals surface area contributed by atoms with Crippen molar-refractivity contribution in [2.75, 3.05) is 18.9 Å². The number of hydrogen-bond donors (Lipinski definition) is 2. The number of esters is 1. The van der Waals surface area contributed by atoms with Crippen molar-refractivity contribution in [3.63, 3.8) is 0 Å². The second-order valence-corrected chi connectivity index (χ2v) is 10.3. The summed E-state index contributed by atoms with van der Waals surface area (Å²) in [4.78, 5) is 16.3. The van der Waals surface area contributed by atoms with Crippen LogP contribution in [0.25, 0.3) is 5.52 Å². The molecule has 1 aromatic carbocycles. The minimum atomic E-state index is -4.14. The molecule has 1 aliphatic heterocycles. The highest BCUT2D eigenvalue weighted by molar-refractivity contribution is 7.52. The van der Waals surface area contributed by atoms with Crippen LogP contribution in [0.1, 0.15) is 44.9 Å². The van der Waals surface area contributed by atoms with Crippen molar-refractivity contribution >= 4 is 25.1 Å². The molecule has 1 fully saturated rings. The number of anilines is 1. The highest BCUT2D eigenvalue weighted by Crippen LogP contribution is 2.48. The number of nitrogens with one attached hydrogen (secondary N) is 1. The molecule has 4 rings (SSSR count). The maximum Gasteiger partial charge on any atom is 0.459 e. The van der Waals surface area contributed by atoms with Crippen LogP contribution in [0.2, 0.25) is 0 Å². The minimum Gasteiger partial charge on any atom is -0.465 e. The zero-order chi connectivity index (χ0) is 26.5. The van der Waals surface area contributed by atoms with Crippen molar-refractivity contribution in [1.29, 1.82) is 5.26 Å². The number of para-hydroxylation sites is 1. The van der Waals surface area contributed by atoms with E-state index in [4.69, 9.17) is 24.3 Å². The average Bonchev–Trinajstić information content (AvgIpc) is 3.52. The predicted octanol–water partition coefficient (Wildman–Crippen LogP) is 3.56. The Kier molecular flexibility index (Phi) is 8.10. The first-order valence-electron chi connectivity index (χ1n) is 11.9. The number of rotatable bonds is 11. The summed E-state index contributed by atoms with van der Waals surface area (Å²) in [6, 6.07) is 13.2. The summed E-state index contributed by atoms with van der Waals surface area (Å²) in [6.45, 7) is 3.23. The van der Waals surface area contributed by atoms with Gasteiger partial charge in [0.05, 0.1) is 12.3 Å². The molecule has 0 bridgehead atoms. The maximum absolute atomic E-state index is 13.7. The van der Waals surface area contributed by atoms with Crippen molar-refractivity contribution < 1.29 is 27.9 Å². The van der Waals surface area contributed by atoms with E-state index in [-0.39, 0.29) is 19.0 Å². The normalized spacial score (nSPS) is 21.7. The summed E-state index contributed by atoms with van der Waals surface area (Å²) in [6.07, 6.45) is 2.30. The van der Waals surface area contributed by atoms with Gasteiger partial charge in [0.2, 0.25) is 0 Å². The second-order valence-electron chi connectivity index (χ2n) is 8.65. The van der Waals surface area contributed by atoms with Crippen molar-refractivity contribution in [1.82, 2.24) is 19.7 Å². The summed E-state index contributed by atoms with van der Waals surface area (Å²) in [5.41, 5.74) is 5.85. The first kappa shape index (κ1) is 26.6. The number of hydrogen-bond acceptors (Lipinski definition) is 10. The molecule has 4 atom stereocenters. The summed E-state index contributed by atoms with van der Waals surface area (Å²) in [5, 5.41) is 16.9. The molecular weight excluding hydrogens is 499 g/mol. The van der Waals surface area contributed by atoms with Gasteiger partial charge in [0, 0.05) is 0 Å². The maximum atomic E-state index is 13.7. The first-order valence-corrected chi connectivity index (χ1v) is 13.4. The third-order valence-electron chi connectivity index (χ3n) is 5.81. The lowest BCUT2D eigenvalue weighted by atomic mass is 10.0. The lowest BCUT2D eigenvalue weighted by Crippen LogP contribution is -2.38. The van der Waals surface area contributed by atoms with Gasteiger partial charge in [-0.2, -0.15) is 15.4 Å². The van der Waals surface area contributed by atoms with Crippen LogP contribution in [0, 0.1) is 11.3 Å². The minimum absolute atomic E-state index is 0.229. The number of nitrogens with zero attached hydrogens (tertiary/aromatic N) is 4.